The Labute approximate surface area is 234 Å². The van der Waals surface area contributed by atoms with Gasteiger partial charge in [0.05, 0.1) is 24.7 Å². The molecule has 0 saturated heterocycles. The highest BCUT2D eigenvalue weighted by Crippen LogP contribution is 2.24. The first-order valence-corrected chi connectivity index (χ1v) is 14.8. The maximum atomic E-state index is 15.1. The molecule has 2 aromatic carbocycles. The number of sulfonamides is 1. The second kappa shape index (κ2) is 13.6. The Morgan fingerprint density at radius 2 is 1.87 bits per heavy atom. The van der Waals surface area contributed by atoms with E-state index in [4.69, 9.17) is 19.3 Å². The van der Waals surface area contributed by atoms with E-state index in [1.165, 1.54) is 16.8 Å². The van der Waals surface area contributed by atoms with E-state index in [9.17, 15) is 13.2 Å². The van der Waals surface area contributed by atoms with Crippen molar-refractivity contribution >= 4 is 38.6 Å². The molecule has 206 valence electrons. The number of benzene rings is 2. The molecule has 1 atom stereocenters. The quantitative estimate of drug-likeness (QED) is 0.128. The predicted octanol–water partition coefficient (Wildman–Crippen LogP) is 3.33. The molecule has 0 fully saturated rings. The first kappa shape index (κ1) is 30.1. The Kier molecular flexibility index (Phi) is 10.7. The van der Waals surface area contributed by atoms with Crippen LogP contribution >= 0.6 is 22.6 Å². The average Bonchev–Trinajstić information content (AvgIpc) is 3.26. The minimum Gasteiger partial charge on any atom is -0.453 e. The van der Waals surface area contributed by atoms with Gasteiger partial charge in [-0.1, -0.05) is 46.4 Å². The molecule has 3 aromatic rings. The van der Waals surface area contributed by atoms with Crippen LogP contribution in [0.15, 0.2) is 41.3 Å². The minimum atomic E-state index is -4.09. The van der Waals surface area contributed by atoms with E-state index in [-0.39, 0.29) is 29.6 Å². The van der Waals surface area contributed by atoms with Crippen molar-refractivity contribution < 1.29 is 31.8 Å². The molecule has 1 unspecified atom stereocenters. The Morgan fingerprint density at radius 3 is 2.55 bits per heavy atom. The lowest BCUT2D eigenvalue weighted by Gasteiger charge is -2.11. The number of halogens is 2. The van der Waals surface area contributed by atoms with Crippen molar-refractivity contribution in [3.05, 3.63) is 70.6 Å². The fraction of sp³-hybridized carbons (Fsp3) is 0.400. The maximum absolute atomic E-state index is 15.1. The largest absolute Gasteiger partial charge is 0.453 e. The summed E-state index contributed by atoms with van der Waals surface area (Å²) in [6, 6.07) is 9.26. The predicted molar refractivity (Wildman–Crippen MR) is 146 cm³/mol. The van der Waals surface area contributed by atoms with Crippen LogP contribution in [0.2, 0.25) is 0 Å². The number of nitrogens with two attached hydrogens (primary N) is 1. The van der Waals surface area contributed by atoms with Gasteiger partial charge in [0.1, 0.15) is 23.9 Å². The number of alkyl halides is 1. The number of carbonyl (C=O) groups is 1. The lowest BCUT2D eigenvalue weighted by Crippen LogP contribution is -2.17. The molecule has 13 heteroatoms. The van der Waals surface area contributed by atoms with Crippen LogP contribution in [0.25, 0.3) is 5.69 Å². The number of rotatable bonds is 13. The molecule has 0 amide bonds. The summed E-state index contributed by atoms with van der Waals surface area (Å²) >= 11 is 2.20. The molecule has 0 aliphatic carbocycles. The number of nitrogens with zero attached hydrogens (tertiary/aromatic N) is 3. The van der Waals surface area contributed by atoms with Gasteiger partial charge in [-0.05, 0) is 50.1 Å². The van der Waals surface area contributed by atoms with Crippen LogP contribution in [-0.4, -0.2) is 60.0 Å². The molecule has 0 aliphatic rings. The third-order valence-electron chi connectivity index (χ3n) is 5.50. The third kappa shape index (κ3) is 8.27. The zero-order valence-electron chi connectivity index (χ0n) is 21.3. The summed E-state index contributed by atoms with van der Waals surface area (Å²) in [7, 11) is -4.09. The smallest absolute Gasteiger partial charge is 0.332 e. The first-order chi connectivity index (χ1) is 18.0. The SMILES string of the molecule is Cc1ccc(C)c(Cc2nc(C(C)OC(=O)COCCOCCI)nn2-c2ccc(S(N)(=O)=O)cc2F)c1. The Morgan fingerprint density at radius 1 is 1.13 bits per heavy atom. The molecule has 2 N–H and O–H groups in total. The summed E-state index contributed by atoms with van der Waals surface area (Å²) in [6.45, 7) is 6.48. The summed E-state index contributed by atoms with van der Waals surface area (Å²) in [5.41, 5.74) is 2.98. The Hall–Kier alpha value is -2.46. The van der Waals surface area contributed by atoms with E-state index in [1.807, 2.05) is 32.0 Å². The van der Waals surface area contributed by atoms with Gasteiger partial charge < -0.3 is 14.2 Å². The van der Waals surface area contributed by atoms with Gasteiger partial charge in [0.15, 0.2) is 11.9 Å². The van der Waals surface area contributed by atoms with Gasteiger partial charge in [-0.2, -0.15) is 0 Å². The zero-order chi connectivity index (χ0) is 27.9. The minimum absolute atomic E-state index is 0.0233. The van der Waals surface area contributed by atoms with Crippen molar-refractivity contribution in [1.29, 1.82) is 0 Å². The van der Waals surface area contributed by atoms with Crippen LogP contribution in [0.3, 0.4) is 0 Å². The number of hydrogen-bond acceptors (Lipinski definition) is 8. The summed E-state index contributed by atoms with van der Waals surface area (Å²) in [6.07, 6.45) is -0.551. The van der Waals surface area contributed by atoms with Gasteiger partial charge in [-0.25, -0.2) is 32.4 Å². The summed E-state index contributed by atoms with van der Waals surface area (Å²) < 4.78 is 56.5. The van der Waals surface area contributed by atoms with E-state index in [1.54, 1.807) is 6.92 Å². The second-order valence-corrected chi connectivity index (χ2v) is 11.2. The number of ether oxygens (including phenoxy) is 3. The Balaban J connectivity index is 1.86. The van der Waals surface area contributed by atoms with Gasteiger partial charge in [-0.3, -0.25) is 0 Å². The summed E-state index contributed by atoms with van der Waals surface area (Å²) in [5, 5.41) is 9.55. The molecule has 1 aromatic heterocycles. The number of hydrogen-bond donors (Lipinski definition) is 1. The molecule has 0 saturated carbocycles. The van der Waals surface area contributed by atoms with Crippen molar-refractivity contribution in [3.8, 4) is 5.69 Å². The van der Waals surface area contributed by atoms with Crippen molar-refractivity contribution in [1.82, 2.24) is 14.8 Å². The Bertz CT molecular complexity index is 1380. The molecule has 0 spiro atoms. The monoisotopic (exact) mass is 660 g/mol. The van der Waals surface area contributed by atoms with Gasteiger partial charge in [0.25, 0.3) is 0 Å². The standard InChI is InChI=1S/C25H30FIN4O6S/c1-16-4-5-17(2)19(12-16)13-23-29-25(18(3)37-24(32)15-36-11-10-35-9-8-27)30-31(23)22-7-6-20(14-21(22)26)38(28,33)34/h4-7,12,14,18H,8-11,13,15H2,1-3H3,(H2,28,33,34). The molecule has 38 heavy (non-hydrogen) atoms. The van der Waals surface area contributed by atoms with E-state index in [2.05, 4.69) is 32.7 Å². The van der Waals surface area contributed by atoms with Crippen LogP contribution < -0.4 is 5.14 Å². The van der Waals surface area contributed by atoms with Crippen LogP contribution in [0.4, 0.5) is 4.39 Å². The van der Waals surface area contributed by atoms with Crippen molar-refractivity contribution in [2.24, 2.45) is 5.14 Å². The van der Waals surface area contributed by atoms with Gasteiger partial charge in [0, 0.05) is 10.8 Å². The number of primary sulfonamides is 1. The van der Waals surface area contributed by atoms with Crippen LogP contribution in [-0.2, 0) is 35.4 Å². The maximum Gasteiger partial charge on any atom is 0.332 e. The molecule has 1 heterocycles. The summed E-state index contributed by atoms with van der Waals surface area (Å²) in [5.74, 6) is -0.929. The second-order valence-electron chi connectivity index (χ2n) is 8.55. The van der Waals surface area contributed by atoms with E-state index in [0.717, 1.165) is 27.2 Å². The zero-order valence-corrected chi connectivity index (χ0v) is 24.3. The van der Waals surface area contributed by atoms with Gasteiger partial charge >= 0.3 is 5.97 Å². The average molecular weight is 661 g/mol. The lowest BCUT2D eigenvalue weighted by molar-refractivity contribution is -0.154. The number of aromatic nitrogens is 3. The van der Waals surface area contributed by atoms with Crippen molar-refractivity contribution in [2.45, 2.75) is 38.2 Å². The number of aryl methyl sites for hydroxylation is 2. The first-order valence-electron chi connectivity index (χ1n) is 11.7. The van der Waals surface area contributed by atoms with E-state index >= 15 is 4.39 Å². The highest BCUT2D eigenvalue weighted by atomic mass is 127. The highest BCUT2D eigenvalue weighted by Gasteiger charge is 2.23. The molecular weight excluding hydrogens is 630 g/mol. The van der Waals surface area contributed by atoms with Crippen LogP contribution in [0, 0.1) is 19.7 Å². The number of esters is 1. The molecule has 0 bridgehead atoms. The van der Waals surface area contributed by atoms with Gasteiger partial charge in [-0.15, -0.1) is 5.10 Å². The third-order valence-corrected chi connectivity index (χ3v) is 6.86. The van der Waals surface area contributed by atoms with Crippen molar-refractivity contribution in [2.75, 3.05) is 30.9 Å². The van der Waals surface area contributed by atoms with E-state index in [0.29, 0.717) is 25.5 Å². The van der Waals surface area contributed by atoms with Gasteiger partial charge in [0.2, 0.25) is 10.0 Å². The fourth-order valence-corrected chi connectivity index (χ4v) is 4.39. The van der Waals surface area contributed by atoms with E-state index < -0.39 is 27.9 Å². The topological polar surface area (TPSA) is 136 Å². The molecule has 0 aliphatic heterocycles. The normalized spacial score (nSPS) is 12.5. The molecule has 0 radical (unpaired) electrons. The fourth-order valence-electron chi connectivity index (χ4n) is 3.55. The highest BCUT2D eigenvalue weighted by molar-refractivity contribution is 14.1. The van der Waals surface area contributed by atoms with Crippen LogP contribution in [0.1, 0.15) is 41.4 Å². The lowest BCUT2D eigenvalue weighted by atomic mass is 10.0. The molecule has 10 nitrogen and oxygen atoms in total. The summed E-state index contributed by atoms with van der Waals surface area (Å²) in [4.78, 5) is 16.4. The molecular formula is C25H30FIN4O6S. The van der Waals surface area contributed by atoms with Crippen molar-refractivity contribution in [3.63, 3.8) is 0 Å². The van der Waals surface area contributed by atoms with Crippen LogP contribution in [0.5, 0.6) is 0 Å². The number of carbonyl (C=O) groups excluding carboxylic acids is 1. The molecule has 3 rings (SSSR count).